The van der Waals surface area contributed by atoms with E-state index in [0.29, 0.717) is 11.3 Å². The number of nitrogens with one attached hydrogen (secondary N) is 1. The molecule has 8 nitrogen and oxygen atoms in total. The maximum Gasteiger partial charge on any atom is 0.337 e. The average Bonchev–Trinajstić information content (AvgIpc) is 2.74. The van der Waals surface area contributed by atoms with E-state index in [-0.39, 0.29) is 25.4 Å². The summed E-state index contributed by atoms with van der Waals surface area (Å²) < 4.78 is 10.2. The Balaban J connectivity index is 1.99. The van der Waals surface area contributed by atoms with E-state index < -0.39 is 18.0 Å². The molecule has 158 valence electrons. The Kier molecular flexibility index (Phi) is 6.25. The number of carboxylic acids is 1. The number of carboxylic acid groups (broad SMARTS) is 1. The zero-order chi connectivity index (χ0) is 21.8. The van der Waals surface area contributed by atoms with Gasteiger partial charge in [-0.1, -0.05) is 18.2 Å². The van der Waals surface area contributed by atoms with Gasteiger partial charge in [0.15, 0.2) is 0 Å². The lowest BCUT2D eigenvalue weighted by molar-refractivity contribution is -0.138. The Bertz CT molecular complexity index is 1030. The average molecular weight is 412 g/mol. The van der Waals surface area contributed by atoms with Crippen molar-refractivity contribution >= 4 is 28.7 Å². The minimum atomic E-state index is -0.937. The molecule has 0 aromatic heterocycles. The van der Waals surface area contributed by atoms with Crippen LogP contribution in [0.2, 0.25) is 0 Å². The number of fused-ring (bicyclic) bond motifs is 1. The number of methoxy groups -OCH3 is 2. The van der Waals surface area contributed by atoms with Crippen molar-refractivity contribution < 1.29 is 29.0 Å². The van der Waals surface area contributed by atoms with Crippen LogP contribution >= 0.6 is 0 Å². The number of amides is 2. The lowest BCUT2D eigenvalue weighted by atomic mass is 9.93. The molecule has 30 heavy (non-hydrogen) atoms. The van der Waals surface area contributed by atoms with Crippen LogP contribution in [0.4, 0.5) is 4.79 Å². The van der Waals surface area contributed by atoms with Gasteiger partial charge in [-0.15, -0.1) is 0 Å². The molecule has 3 rings (SSSR count). The zero-order valence-corrected chi connectivity index (χ0v) is 17.1. The number of hydrogen-bond donors (Lipinski definition) is 2. The summed E-state index contributed by atoms with van der Waals surface area (Å²) in [4.78, 5) is 37.5. The summed E-state index contributed by atoms with van der Waals surface area (Å²) in [7, 11) is 2.89. The van der Waals surface area contributed by atoms with E-state index >= 15 is 0 Å². The molecule has 1 heterocycles. The molecule has 1 atom stereocenters. The highest BCUT2D eigenvalue weighted by atomic mass is 16.5. The van der Waals surface area contributed by atoms with Crippen molar-refractivity contribution in [2.75, 3.05) is 20.8 Å². The van der Waals surface area contributed by atoms with Crippen LogP contribution in [-0.4, -0.2) is 48.7 Å². The van der Waals surface area contributed by atoms with E-state index in [1.165, 1.54) is 12.0 Å². The van der Waals surface area contributed by atoms with Gasteiger partial charge in [-0.3, -0.25) is 9.69 Å². The van der Waals surface area contributed by atoms with Crippen LogP contribution in [-0.2, 0) is 14.3 Å². The summed E-state index contributed by atoms with van der Waals surface area (Å²) in [6.07, 6.45) is 0.208. The number of esters is 1. The first-order valence-electron chi connectivity index (χ1n) is 9.52. The largest absolute Gasteiger partial charge is 0.497 e. The summed E-state index contributed by atoms with van der Waals surface area (Å²) in [5.41, 5.74) is 1.52. The third-order valence-corrected chi connectivity index (χ3v) is 5.18. The van der Waals surface area contributed by atoms with Crippen molar-refractivity contribution in [3.8, 4) is 5.75 Å². The molecule has 0 saturated carbocycles. The van der Waals surface area contributed by atoms with Gasteiger partial charge < -0.3 is 19.9 Å². The van der Waals surface area contributed by atoms with Crippen LogP contribution < -0.4 is 10.1 Å². The number of carbonyl (C=O) groups is 3. The molecular weight excluding hydrogens is 388 g/mol. The molecule has 0 fully saturated rings. The summed E-state index contributed by atoms with van der Waals surface area (Å²) in [6, 6.07) is 10.3. The molecule has 1 aliphatic heterocycles. The molecule has 0 spiro atoms. The number of urea groups is 1. The molecule has 1 aliphatic rings. The molecule has 0 bridgehead atoms. The van der Waals surface area contributed by atoms with Gasteiger partial charge >= 0.3 is 18.0 Å². The molecule has 2 aromatic carbocycles. The first kappa shape index (κ1) is 21.2. The molecule has 0 radical (unpaired) electrons. The quantitative estimate of drug-likeness (QED) is 0.677. The van der Waals surface area contributed by atoms with Crippen LogP contribution in [0.5, 0.6) is 5.75 Å². The van der Waals surface area contributed by atoms with Gasteiger partial charge in [0.25, 0.3) is 0 Å². The Labute approximate surface area is 174 Å². The van der Waals surface area contributed by atoms with E-state index in [1.54, 1.807) is 14.0 Å². The van der Waals surface area contributed by atoms with Crippen molar-refractivity contribution in [2.45, 2.75) is 25.8 Å². The Morgan fingerprint density at radius 1 is 1.13 bits per heavy atom. The molecule has 2 aromatic rings. The number of hydrogen-bond acceptors (Lipinski definition) is 5. The second-order valence-corrected chi connectivity index (χ2v) is 6.99. The van der Waals surface area contributed by atoms with E-state index in [1.807, 2.05) is 36.4 Å². The number of nitrogens with zero attached hydrogens (tertiary/aromatic N) is 1. The molecule has 0 aliphatic carbocycles. The lowest BCUT2D eigenvalue weighted by Gasteiger charge is -2.35. The fourth-order valence-electron chi connectivity index (χ4n) is 3.61. The monoisotopic (exact) mass is 412 g/mol. The number of carbonyl (C=O) groups excluding carboxylic acids is 2. The van der Waals surface area contributed by atoms with E-state index in [4.69, 9.17) is 14.6 Å². The third-order valence-electron chi connectivity index (χ3n) is 5.18. The van der Waals surface area contributed by atoms with Crippen molar-refractivity contribution in [3.63, 3.8) is 0 Å². The number of aliphatic carboxylic acids is 1. The van der Waals surface area contributed by atoms with Crippen LogP contribution in [0.1, 0.15) is 31.4 Å². The fraction of sp³-hybridized carbons (Fsp3) is 0.318. The Morgan fingerprint density at radius 3 is 2.50 bits per heavy atom. The van der Waals surface area contributed by atoms with Crippen molar-refractivity contribution in [2.24, 2.45) is 0 Å². The van der Waals surface area contributed by atoms with Gasteiger partial charge in [-0.25, -0.2) is 9.59 Å². The third kappa shape index (κ3) is 4.22. The SMILES string of the molecule is COC(=O)C1=C(C)N(CCCC(=O)O)C(=O)N[C@H]1c1ccc2cc(OC)ccc2c1. The predicted octanol–water partition coefficient (Wildman–Crippen LogP) is 3.23. The predicted molar refractivity (Wildman–Crippen MR) is 110 cm³/mol. The normalized spacial score (nSPS) is 16.4. The van der Waals surface area contributed by atoms with Gasteiger partial charge in [-0.05, 0) is 47.9 Å². The molecule has 2 amide bonds. The number of allylic oxidation sites excluding steroid dienone is 1. The molecule has 2 N–H and O–H groups in total. The van der Waals surface area contributed by atoms with Crippen LogP contribution in [0.3, 0.4) is 0 Å². The number of benzene rings is 2. The fourth-order valence-corrected chi connectivity index (χ4v) is 3.61. The highest BCUT2D eigenvalue weighted by Gasteiger charge is 2.36. The maximum absolute atomic E-state index is 12.7. The maximum atomic E-state index is 12.7. The van der Waals surface area contributed by atoms with Crippen molar-refractivity contribution in [1.82, 2.24) is 10.2 Å². The minimum Gasteiger partial charge on any atom is -0.497 e. The van der Waals surface area contributed by atoms with Crippen LogP contribution in [0, 0.1) is 0 Å². The summed E-state index contributed by atoms with van der Waals surface area (Å²) in [5, 5.41) is 13.6. The first-order valence-corrected chi connectivity index (χ1v) is 9.52. The van der Waals surface area contributed by atoms with E-state index in [0.717, 1.165) is 22.1 Å². The second kappa shape index (κ2) is 8.86. The van der Waals surface area contributed by atoms with Gasteiger partial charge in [0, 0.05) is 18.7 Å². The van der Waals surface area contributed by atoms with Crippen molar-refractivity contribution in [3.05, 3.63) is 53.2 Å². The lowest BCUT2D eigenvalue weighted by Crippen LogP contribution is -2.48. The standard InChI is InChI=1S/C22H24N2O6/c1-13-19(21(27)30-3)20(23-22(28)24(13)10-4-5-18(25)26)16-7-6-15-12-17(29-2)9-8-14(15)11-16/h6-9,11-12,20H,4-5,10H2,1-3H3,(H,23,28)(H,25,26)/t20-/m0/s1. The highest BCUT2D eigenvalue weighted by molar-refractivity contribution is 5.95. The minimum absolute atomic E-state index is 0.0673. The smallest absolute Gasteiger partial charge is 0.337 e. The van der Waals surface area contributed by atoms with E-state index in [2.05, 4.69) is 5.32 Å². The molecular formula is C22H24N2O6. The second-order valence-electron chi connectivity index (χ2n) is 6.99. The van der Waals surface area contributed by atoms with Gasteiger partial charge in [0.1, 0.15) is 5.75 Å². The number of rotatable bonds is 7. The Hall–Kier alpha value is -3.55. The molecule has 0 unspecified atom stereocenters. The van der Waals surface area contributed by atoms with Gasteiger partial charge in [-0.2, -0.15) is 0 Å². The van der Waals surface area contributed by atoms with Gasteiger partial charge in [0.2, 0.25) is 0 Å². The summed E-state index contributed by atoms with van der Waals surface area (Å²) >= 11 is 0. The van der Waals surface area contributed by atoms with E-state index in [9.17, 15) is 14.4 Å². The first-order chi connectivity index (χ1) is 14.3. The summed E-state index contributed by atoms with van der Waals surface area (Å²) in [5.74, 6) is -0.743. The topological polar surface area (TPSA) is 105 Å². The van der Waals surface area contributed by atoms with Gasteiger partial charge in [0.05, 0.1) is 25.8 Å². The molecule has 0 saturated heterocycles. The highest BCUT2D eigenvalue weighted by Crippen LogP contribution is 2.33. The molecule has 8 heteroatoms. The van der Waals surface area contributed by atoms with Crippen LogP contribution in [0.15, 0.2) is 47.7 Å². The zero-order valence-electron chi connectivity index (χ0n) is 17.1. The van der Waals surface area contributed by atoms with Crippen molar-refractivity contribution in [1.29, 1.82) is 0 Å². The Morgan fingerprint density at radius 2 is 1.83 bits per heavy atom. The summed E-state index contributed by atoms with van der Waals surface area (Å²) in [6.45, 7) is 1.86. The van der Waals surface area contributed by atoms with Crippen LogP contribution in [0.25, 0.3) is 10.8 Å². The number of ether oxygens (including phenoxy) is 2.